The first-order valence-electron chi connectivity index (χ1n) is 4.67. The van der Waals surface area contributed by atoms with E-state index in [2.05, 4.69) is 20.9 Å². The van der Waals surface area contributed by atoms with Crippen LogP contribution in [0, 0.1) is 0 Å². The highest BCUT2D eigenvalue weighted by molar-refractivity contribution is 9.10. The van der Waals surface area contributed by atoms with Gasteiger partial charge in [0.05, 0.1) is 5.69 Å². The summed E-state index contributed by atoms with van der Waals surface area (Å²) in [6, 6.07) is 11.4. The molecule has 2 nitrogen and oxygen atoms in total. The molecule has 0 aliphatic carbocycles. The summed E-state index contributed by atoms with van der Waals surface area (Å²) < 4.78 is 0.977. The zero-order valence-corrected chi connectivity index (χ0v) is 9.62. The van der Waals surface area contributed by atoms with Gasteiger partial charge >= 0.3 is 0 Å². The number of aromatic nitrogens is 1. The molecule has 0 spiro atoms. The van der Waals surface area contributed by atoms with E-state index in [4.69, 9.17) is 0 Å². The highest BCUT2D eigenvalue weighted by Crippen LogP contribution is 2.17. The predicted octanol–water partition coefficient (Wildman–Crippen LogP) is 3.20. The maximum atomic E-state index is 11.8. The van der Waals surface area contributed by atoms with E-state index in [0.717, 1.165) is 10.0 Å². The van der Waals surface area contributed by atoms with Gasteiger partial charge < -0.3 is 4.98 Å². The van der Waals surface area contributed by atoms with Crippen molar-refractivity contribution in [3.8, 4) is 0 Å². The molecule has 0 radical (unpaired) electrons. The first-order chi connectivity index (χ1) is 7.27. The van der Waals surface area contributed by atoms with Crippen LogP contribution in [-0.4, -0.2) is 10.8 Å². The van der Waals surface area contributed by atoms with E-state index in [0.29, 0.717) is 12.1 Å². The lowest BCUT2D eigenvalue weighted by molar-refractivity contribution is 0.0988. The fourth-order valence-corrected chi connectivity index (χ4v) is 1.84. The summed E-state index contributed by atoms with van der Waals surface area (Å²) in [6.45, 7) is 0. The topological polar surface area (TPSA) is 32.9 Å². The number of hydrogen-bond donors (Lipinski definition) is 1. The Labute approximate surface area is 96.5 Å². The van der Waals surface area contributed by atoms with Gasteiger partial charge in [-0.05, 0) is 23.8 Å². The highest BCUT2D eigenvalue weighted by Gasteiger charge is 2.08. The van der Waals surface area contributed by atoms with Crippen LogP contribution in [0.3, 0.4) is 0 Å². The minimum Gasteiger partial charge on any atom is -0.359 e. The van der Waals surface area contributed by atoms with Crippen LogP contribution in [-0.2, 0) is 6.42 Å². The number of ketones is 1. The van der Waals surface area contributed by atoms with Crippen LogP contribution in [0.4, 0.5) is 0 Å². The van der Waals surface area contributed by atoms with Crippen molar-refractivity contribution in [1.82, 2.24) is 4.98 Å². The quantitative estimate of drug-likeness (QED) is 0.848. The van der Waals surface area contributed by atoms with Crippen LogP contribution in [0.5, 0.6) is 0 Å². The number of aromatic amines is 1. The number of nitrogens with one attached hydrogen (secondary N) is 1. The van der Waals surface area contributed by atoms with E-state index in [1.807, 2.05) is 30.3 Å². The summed E-state index contributed by atoms with van der Waals surface area (Å²) in [7, 11) is 0. The molecule has 0 fully saturated rings. The van der Waals surface area contributed by atoms with Crippen molar-refractivity contribution in [1.29, 1.82) is 0 Å². The molecule has 15 heavy (non-hydrogen) atoms. The van der Waals surface area contributed by atoms with Crippen molar-refractivity contribution >= 4 is 21.7 Å². The summed E-state index contributed by atoms with van der Waals surface area (Å²) in [4.78, 5) is 14.7. The van der Waals surface area contributed by atoms with E-state index in [9.17, 15) is 4.79 Å². The lowest BCUT2D eigenvalue weighted by atomic mass is 10.1. The van der Waals surface area contributed by atoms with Crippen LogP contribution >= 0.6 is 15.9 Å². The fraction of sp³-hybridized carbons (Fsp3) is 0.0833. The number of carbonyl (C=O) groups is 1. The van der Waals surface area contributed by atoms with E-state index >= 15 is 0 Å². The number of halogens is 1. The minimum absolute atomic E-state index is 0.104. The Balaban J connectivity index is 2.17. The predicted molar refractivity (Wildman–Crippen MR) is 63.0 cm³/mol. The molecule has 3 heteroatoms. The average Bonchev–Trinajstić information content (AvgIpc) is 2.74. The number of carbonyl (C=O) groups excluding carboxylic acids is 1. The van der Waals surface area contributed by atoms with Crippen LogP contribution in [0.25, 0.3) is 0 Å². The first-order valence-corrected chi connectivity index (χ1v) is 5.46. The molecule has 0 saturated heterocycles. The lowest BCUT2D eigenvalue weighted by Gasteiger charge is -2.01. The zero-order valence-electron chi connectivity index (χ0n) is 8.03. The van der Waals surface area contributed by atoms with Gasteiger partial charge in [0.2, 0.25) is 0 Å². The molecule has 1 heterocycles. The van der Waals surface area contributed by atoms with Crippen molar-refractivity contribution in [2.75, 3.05) is 0 Å². The third kappa shape index (κ3) is 2.36. The van der Waals surface area contributed by atoms with E-state index in [-0.39, 0.29) is 5.78 Å². The van der Waals surface area contributed by atoms with Gasteiger partial charge in [0.25, 0.3) is 0 Å². The normalized spacial score (nSPS) is 10.2. The molecule has 0 aliphatic rings. The van der Waals surface area contributed by atoms with Gasteiger partial charge in [0.15, 0.2) is 5.78 Å². The molecule has 0 saturated carbocycles. The monoisotopic (exact) mass is 263 g/mol. The molecule has 0 aliphatic heterocycles. The van der Waals surface area contributed by atoms with Crippen molar-refractivity contribution in [3.63, 3.8) is 0 Å². The standard InChI is InChI=1S/C12H10BrNO/c13-10-5-2-1-4-9(10)8-12(15)11-6-3-7-14-11/h1-7,14H,8H2. The van der Waals surface area contributed by atoms with Gasteiger partial charge in [-0.15, -0.1) is 0 Å². The van der Waals surface area contributed by atoms with Gasteiger partial charge in [-0.25, -0.2) is 0 Å². The number of rotatable bonds is 3. The molecular weight excluding hydrogens is 254 g/mol. The summed E-state index contributed by atoms with van der Waals surface area (Å²) in [5.74, 6) is 0.104. The second-order valence-corrected chi connectivity index (χ2v) is 4.13. The largest absolute Gasteiger partial charge is 0.359 e. The van der Waals surface area contributed by atoms with Crippen LogP contribution in [0.15, 0.2) is 47.1 Å². The van der Waals surface area contributed by atoms with Crippen molar-refractivity contribution in [2.45, 2.75) is 6.42 Å². The summed E-state index contributed by atoms with van der Waals surface area (Å²) >= 11 is 3.43. The Morgan fingerprint density at radius 3 is 2.67 bits per heavy atom. The highest BCUT2D eigenvalue weighted by atomic mass is 79.9. The Bertz CT molecular complexity index is 462. The smallest absolute Gasteiger partial charge is 0.183 e. The molecule has 2 rings (SSSR count). The van der Waals surface area contributed by atoms with Crippen LogP contribution in [0.2, 0.25) is 0 Å². The zero-order chi connectivity index (χ0) is 10.7. The molecule has 0 bridgehead atoms. The first kappa shape index (κ1) is 10.2. The van der Waals surface area contributed by atoms with Crippen molar-refractivity contribution in [2.24, 2.45) is 0 Å². The number of benzene rings is 1. The number of Topliss-reactive ketones (excluding diaryl/α,β-unsaturated/α-hetero) is 1. The van der Waals surface area contributed by atoms with Crippen molar-refractivity contribution in [3.05, 3.63) is 58.3 Å². The van der Waals surface area contributed by atoms with E-state index in [1.165, 1.54) is 0 Å². The summed E-state index contributed by atoms with van der Waals surface area (Å²) in [6.07, 6.45) is 2.18. The van der Waals surface area contributed by atoms with Gasteiger partial charge in [0.1, 0.15) is 0 Å². The molecule has 76 valence electrons. The van der Waals surface area contributed by atoms with Crippen molar-refractivity contribution < 1.29 is 4.79 Å². The maximum Gasteiger partial charge on any atom is 0.183 e. The molecule has 0 unspecified atom stereocenters. The number of hydrogen-bond acceptors (Lipinski definition) is 1. The number of H-pyrrole nitrogens is 1. The summed E-state index contributed by atoms with van der Waals surface area (Å²) in [5.41, 5.74) is 1.67. The van der Waals surface area contributed by atoms with Gasteiger partial charge in [-0.3, -0.25) is 4.79 Å². The Morgan fingerprint density at radius 2 is 2.00 bits per heavy atom. The molecular formula is C12H10BrNO. The molecule has 0 amide bonds. The minimum atomic E-state index is 0.104. The Kier molecular flexibility index (Phi) is 3.02. The summed E-state index contributed by atoms with van der Waals surface area (Å²) in [5, 5.41) is 0. The Morgan fingerprint density at radius 1 is 1.20 bits per heavy atom. The third-order valence-electron chi connectivity index (χ3n) is 2.21. The van der Waals surface area contributed by atoms with Crippen LogP contribution < -0.4 is 0 Å². The fourth-order valence-electron chi connectivity index (χ4n) is 1.41. The van der Waals surface area contributed by atoms with Gasteiger partial charge in [0, 0.05) is 17.1 Å². The van der Waals surface area contributed by atoms with E-state index < -0.39 is 0 Å². The average molecular weight is 264 g/mol. The molecule has 1 aromatic carbocycles. The van der Waals surface area contributed by atoms with Gasteiger partial charge in [-0.2, -0.15) is 0 Å². The second kappa shape index (κ2) is 4.45. The maximum absolute atomic E-state index is 11.8. The molecule has 1 aromatic heterocycles. The second-order valence-electron chi connectivity index (χ2n) is 3.28. The molecule has 2 aromatic rings. The lowest BCUT2D eigenvalue weighted by Crippen LogP contribution is -2.04. The SMILES string of the molecule is O=C(Cc1ccccc1Br)c1ccc[nH]1. The van der Waals surface area contributed by atoms with Gasteiger partial charge in [-0.1, -0.05) is 34.1 Å². The molecule has 0 atom stereocenters. The third-order valence-corrected chi connectivity index (χ3v) is 2.98. The van der Waals surface area contributed by atoms with Crippen LogP contribution in [0.1, 0.15) is 16.1 Å². The Hall–Kier alpha value is -1.35. The van der Waals surface area contributed by atoms with E-state index in [1.54, 1.807) is 12.3 Å². The molecule has 1 N–H and O–H groups in total.